The summed E-state index contributed by atoms with van der Waals surface area (Å²) in [4.78, 5) is 0. The molecule has 1 nitrogen and oxygen atoms in total. The van der Waals surface area contributed by atoms with Crippen molar-refractivity contribution in [3.05, 3.63) is 47.0 Å². The summed E-state index contributed by atoms with van der Waals surface area (Å²) >= 11 is 6.19. The first-order valence-corrected chi connectivity index (χ1v) is 6.88. The molecule has 0 heterocycles. The largest absolute Gasteiger partial charge is 0.388 e. The number of halogens is 1. The van der Waals surface area contributed by atoms with Gasteiger partial charge in [0.1, 0.15) is 0 Å². The van der Waals surface area contributed by atoms with Crippen molar-refractivity contribution in [3.8, 4) is 0 Å². The zero-order valence-electron chi connectivity index (χ0n) is 10.9. The number of rotatable bonds is 4. The molecule has 0 spiro atoms. The summed E-state index contributed by atoms with van der Waals surface area (Å²) < 4.78 is 0. The van der Waals surface area contributed by atoms with E-state index in [1.165, 1.54) is 0 Å². The Bertz CT molecular complexity index is 536. The van der Waals surface area contributed by atoms with Gasteiger partial charge in [-0.05, 0) is 29.4 Å². The van der Waals surface area contributed by atoms with E-state index in [1.807, 2.05) is 36.4 Å². The van der Waals surface area contributed by atoms with Gasteiger partial charge in [0.15, 0.2) is 0 Å². The fraction of sp³-hybridized carbons (Fsp3) is 0.375. The number of benzene rings is 2. The highest BCUT2D eigenvalue weighted by Crippen LogP contribution is 2.34. The highest BCUT2D eigenvalue weighted by atomic mass is 35.5. The predicted molar refractivity (Wildman–Crippen MR) is 78.0 cm³/mol. The fourth-order valence-electron chi connectivity index (χ4n) is 2.46. The van der Waals surface area contributed by atoms with Crippen molar-refractivity contribution in [1.29, 1.82) is 0 Å². The number of fused-ring (bicyclic) bond motifs is 1. The monoisotopic (exact) mass is 262 g/mol. The van der Waals surface area contributed by atoms with Gasteiger partial charge in [-0.25, -0.2) is 0 Å². The molecule has 0 aliphatic heterocycles. The predicted octanol–water partition coefficient (Wildman–Crippen LogP) is 4.96. The highest BCUT2D eigenvalue weighted by Gasteiger charge is 2.18. The highest BCUT2D eigenvalue weighted by molar-refractivity contribution is 6.35. The molecule has 1 N–H and O–H groups in total. The van der Waals surface area contributed by atoms with E-state index in [9.17, 15) is 5.11 Å². The molecule has 2 aromatic rings. The summed E-state index contributed by atoms with van der Waals surface area (Å²) in [7, 11) is 0. The summed E-state index contributed by atoms with van der Waals surface area (Å²) in [6, 6.07) is 11.8. The van der Waals surface area contributed by atoms with Crippen molar-refractivity contribution in [2.75, 3.05) is 0 Å². The van der Waals surface area contributed by atoms with Crippen LogP contribution in [-0.2, 0) is 0 Å². The first kappa shape index (κ1) is 13.4. The molecule has 0 radical (unpaired) electrons. The van der Waals surface area contributed by atoms with Crippen LogP contribution >= 0.6 is 11.6 Å². The van der Waals surface area contributed by atoms with E-state index in [2.05, 4.69) is 13.8 Å². The van der Waals surface area contributed by atoms with Crippen LogP contribution in [0.2, 0.25) is 5.02 Å². The van der Waals surface area contributed by atoms with Crippen LogP contribution < -0.4 is 0 Å². The molecule has 0 saturated carbocycles. The van der Waals surface area contributed by atoms with Crippen LogP contribution in [0.25, 0.3) is 10.8 Å². The summed E-state index contributed by atoms with van der Waals surface area (Å²) in [6.45, 7) is 4.24. The van der Waals surface area contributed by atoms with Gasteiger partial charge in [0.25, 0.3) is 0 Å². The maximum atomic E-state index is 10.5. The van der Waals surface area contributed by atoms with Gasteiger partial charge in [-0.2, -0.15) is 0 Å². The van der Waals surface area contributed by atoms with Crippen molar-refractivity contribution in [2.24, 2.45) is 5.92 Å². The van der Waals surface area contributed by atoms with Crippen LogP contribution in [-0.4, -0.2) is 5.11 Å². The van der Waals surface area contributed by atoms with Crippen LogP contribution in [0.4, 0.5) is 0 Å². The van der Waals surface area contributed by atoms with Gasteiger partial charge in [-0.1, -0.05) is 62.2 Å². The van der Waals surface area contributed by atoms with Crippen LogP contribution in [0.5, 0.6) is 0 Å². The number of hydrogen-bond acceptors (Lipinski definition) is 1. The second-order valence-electron chi connectivity index (χ2n) is 4.89. The number of aliphatic hydroxyl groups excluding tert-OH is 1. The smallest absolute Gasteiger partial charge is 0.0821 e. The molecule has 0 aromatic heterocycles. The Labute approximate surface area is 113 Å². The third-order valence-electron chi connectivity index (χ3n) is 3.51. The topological polar surface area (TPSA) is 20.2 Å². The number of hydrogen-bond donors (Lipinski definition) is 1. The quantitative estimate of drug-likeness (QED) is 0.825. The molecule has 2 unspecified atom stereocenters. The molecular formula is C16H19ClO. The number of aliphatic hydroxyl groups is 1. The molecule has 2 aromatic carbocycles. The summed E-state index contributed by atoms with van der Waals surface area (Å²) in [5.74, 6) is 0.264. The second kappa shape index (κ2) is 5.73. The maximum Gasteiger partial charge on any atom is 0.0821 e. The molecule has 2 rings (SSSR count). The third kappa shape index (κ3) is 2.52. The van der Waals surface area contributed by atoms with Gasteiger partial charge in [-0.3, -0.25) is 0 Å². The van der Waals surface area contributed by atoms with Gasteiger partial charge < -0.3 is 5.11 Å². The molecule has 2 atom stereocenters. The Kier molecular flexibility index (Phi) is 4.26. The fourth-order valence-corrected chi connectivity index (χ4v) is 2.69. The van der Waals surface area contributed by atoms with E-state index in [1.54, 1.807) is 0 Å². The average molecular weight is 263 g/mol. The molecule has 0 saturated heterocycles. The van der Waals surface area contributed by atoms with E-state index in [0.29, 0.717) is 0 Å². The molecule has 18 heavy (non-hydrogen) atoms. The molecule has 96 valence electrons. The van der Waals surface area contributed by atoms with Crippen LogP contribution in [0.3, 0.4) is 0 Å². The third-order valence-corrected chi connectivity index (χ3v) is 3.84. The lowest BCUT2D eigenvalue weighted by Gasteiger charge is -2.20. The molecule has 0 aliphatic carbocycles. The Morgan fingerprint density at radius 1 is 1.11 bits per heavy atom. The van der Waals surface area contributed by atoms with Gasteiger partial charge in [-0.15, -0.1) is 0 Å². The molecule has 0 amide bonds. The van der Waals surface area contributed by atoms with E-state index in [0.717, 1.165) is 34.2 Å². The van der Waals surface area contributed by atoms with Crippen molar-refractivity contribution in [2.45, 2.75) is 32.8 Å². The van der Waals surface area contributed by atoms with Crippen molar-refractivity contribution in [1.82, 2.24) is 0 Å². The first-order valence-electron chi connectivity index (χ1n) is 6.50. The lowest BCUT2D eigenvalue weighted by Crippen LogP contribution is -2.09. The zero-order chi connectivity index (χ0) is 13.1. The second-order valence-corrected chi connectivity index (χ2v) is 5.30. The van der Waals surface area contributed by atoms with Crippen molar-refractivity contribution >= 4 is 22.4 Å². The van der Waals surface area contributed by atoms with E-state index in [4.69, 9.17) is 11.6 Å². The first-order chi connectivity index (χ1) is 8.65. The average Bonchev–Trinajstić information content (AvgIpc) is 2.39. The van der Waals surface area contributed by atoms with Gasteiger partial charge in [0, 0.05) is 10.4 Å². The van der Waals surface area contributed by atoms with E-state index >= 15 is 0 Å². The minimum Gasteiger partial charge on any atom is -0.388 e. The van der Waals surface area contributed by atoms with E-state index in [-0.39, 0.29) is 5.92 Å². The summed E-state index contributed by atoms with van der Waals surface area (Å²) in [6.07, 6.45) is 1.69. The Morgan fingerprint density at radius 2 is 1.78 bits per heavy atom. The Morgan fingerprint density at radius 3 is 2.44 bits per heavy atom. The van der Waals surface area contributed by atoms with Crippen molar-refractivity contribution < 1.29 is 5.11 Å². The molecule has 2 heteroatoms. The Hall–Kier alpha value is -1.05. The maximum absolute atomic E-state index is 10.5. The summed E-state index contributed by atoms with van der Waals surface area (Å²) in [5.41, 5.74) is 0.982. The van der Waals surface area contributed by atoms with Crippen LogP contribution in [0, 0.1) is 5.92 Å². The normalized spacial score (nSPS) is 14.7. The van der Waals surface area contributed by atoms with Crippen LogP contribution in [0.1, 0.15) is 38.4 Å². The van der Waals surface area contributed by atoms with Crippen molar-refractivity contribution in [3.63, 3.8) is 0 Å². The van der Waals surface area contributed by atoms with Gasteiger partial charge >= 0.3 is 0 Å². The molecule has 0 bridgehead atoms. The SMILES string of the molecule is CCCC(C)C(O)c1ccc(Cl)c2ccccc12. The lowest BCUT2D eigenvalue weighted by atomic mass is 9.90. The van der Waals surface area contributed by atoms with Gasteiger partial charge in [0.2, 0.25) is 0 Å². The zero-order valence-corrected chi connectivity index (χ0v) is 11.6. The minimum atomic E-state index is -0.424. The Balaban J connectivity index is 2.48. The molecular weight excluding hydrogens is 244 g/mol. The molecule has 0 fully saturated rings. The molecule has 0 aliphatic rings. The lowest BCUT2D eigenvalue weighted by molar-refractivity contribution is 0.114. The van der Waals surface area contributed by atoms with E-state index < -0.39 is 6.10 Å². The minimum absolute atomic E-state index is 0.264. The van der Waals surface area contributed by atoms with Crippen LogP contribution in [0.15, 0.2) is 36.4 Å². The summed E-state index contributed by atoms with van der Waals surface area (Å²) in [5, 5.41) is 13.3. The standard InChI is InChI=1S/C16H19ClO/c1-3-6-11(2)16(18)14-9-10-15(17)13-8-5-4-7-12(13)14/h4-5,7-11,16,18H,3,6H2,1-2H3. The van der Waals surface area contributed by atoms with Gasteiger partial charge in [0.05, 0.1) is 6.10 Å².